The summed E-state index contributed by atoms with van der Waals surface area (Å²) < 4.78 is 9.77. The first-order chi connectivity index (χ1) is 11.0. The third kappa shape index (κ3) is 5.73. The lowest BCUT2D eigenvalue weighted by Gasteiger charge is -2.20. The van der Waals surface area contributed by atoms with Crippen molar-refractivity contribution in [1.82, 2.24) is 5.32 Å². The number of ether oxygens (including phenoxy) is 2. The van der Waals surface area contributed by atoms with Gasteiger partial charge in [-0.15, -0.1) is 0 Å². The predicted molar refractivity (Wildman–Crippen MR) is 84.2 cm³/mol. The van der Waals surface area contributed by atoms with Gasteiger partial charge in [0.05, 0.1) is 19.1 Å². The van der Waals surface area contributed by atoms with E-state index in [9.17, 15) is 14.4 Å². The Morgan fingerprint density at radius 3 is 2.00 bits per heavy atom. The minimum absolute atomic E-state index is 0.132. The van der Waals surface area contributed by atoms with E-state index in [4.69, 9.17) is 9.47 Å². The highest BCUT2D eigenvalue weighted by molar-refractivity contribution is 5.99. The fourth-order valence-electron chi connectivity index (χ4n) is 2.07. The summed E-state index contributed by atoms with van der Waals surface area (Å²) >= 11 is 0. The van der Waals surface area contributed by atoms with Crippen LogP contribution in [0.4, 0.5) is 0 Å². The summed E-state index contributed by atoms with van der Waals surface area (Å²) in [5.74, 6) is -4.02. The molecule has 1 aromatic rings. The molecule has 23 heavy (non-hydrogen) atoms. The lowest BCUT2D eigenvalue weighted by molar-refractivity contribution is -0.166. The van der Waals surface area contributed by atoms with Gasteiger partial charge in [-0.05, 0) is 19.4 Å². The molecular weight excluding hydrogens is 298 g/mol. The Hall–Kier alpha value is -2.37. The number of carbonyl (C=O) groups is 3. The quantitative estimate of drug-likeness (QED) is 0.582. The zero-order valence-electron chi connectivity index (χ0n) is 13.7. The molecule has 0 aromatic heterocycles. The van der Waals surface area contributed by atoms with Crippen molar-refractivity contribution in [3.05, 3.63) is 35.9 Å². The van der Waals surface area contributed by atoms with E-state index in [0.29, 0.717) is 6.54 Å². The van der Waals surface area contributed by atoms with Crippen LogP contribution in [0.3, 0.4) is 0 Å². The van der Waals surface area contributed by atoms with Crippen molar-refractivity contribution in [3.63, 3.8) is 0 Å². The Morgan fingerprint density at radius 1 is 1.00 bits per heavy atom. The standard InChI is InChI=1S/C17H23NO5/c1-4-22-16(20)14(17(21)23-5-2)12(3)15(19)18-11-13-9-7-6-8-10-13/h6-10,12,14H,4-5,11H2,1-3H3,(H,18,19). The number of nitrogens with one attached hydrogen (secondary N) is 1. The van der Waals surface area contributed by atoms with Crippen LogP contribution in [0, 0.1) is 11.8 Å². The van der Waals surface area contributed by atoms with Gasteiger partial charge in [-0.3, -0.25) is 14.4 Å². The van der Waals surface area contributed by atoms with Crippen LogP contribution in [-0.2, 0) is 30.4 Å². The molecule has 126 valence electrons. The highest BCUT2D eigenvalue weighted by Gasteiger charge is 2.38. The second-order valence-corrected chi connectivity index (χ2v) is 4.97. The van der Waals surface area contributed by atoms with Gasteiger partial charge in [0.15, 0.2) is 5.92 Å². The molecule has 1 atom stereocenters. The van der Waals surface area contributed by atoms with Crippen LogP contribution < -0.4 is 5.32 Å². The van der Waals surface area contributed by atoms with Crippen molar-refractivity contribution in [2.24, 2.45) is 11.8 Å². The normalized spacial score (nSPS) is 11.7. The first-order valence-electron chi connectivity index (χ1n) is 7.66. The van der Waals surface area contributed by atoms with Crippen LogP contribution in [-0.4, -0.2) is 31.1 Å². The summed E-state index contributed by atoms with van der Waals surface area (Å²) in [5, 5.41) is 2.72. The second kappa shape index (κ2) is 9.61. The highest BCUT2D eigenvalue weighted by atomic mass is 16.6. The van der Waals surface area contributed by atoms with E-state index < -0.39 is 29.7 Å². The molecule has 0 radical (unpaired) electrons. The van der Waals surface area contributed by atoms with Crippen molar-refractivity contribution in [2.45, 2.75) is 27.3 Å². The second-order valence-electron chi connectivity index (χ2n) is 4.97. The fraction of sp³-hybridized carbons (Fsp3) is 0.471. The maximum absolute atomic E-state index is 12.2. The molecule has 1 aromatic carbocycles. The molecule has 1 N–H and O–H groups in total. The van der Waals surface area contributed by atoms with Crippen LogP contribution in [0.1, 0.15) is 26.3 Å². The summed E-state index contributed by atoms with van der Waals surface area (Å²) in [5.41, 5.74) is 0.928. The SMILES string of the molecule is CCOC(=O)C(C(=O)OCC)C(C)C(=O)NCc1ccccc1. The molecule has 6 heteroatoms. The van der Waals surface area contributed by atoms with Crippen LogP contribution in [0.2, 0.25) is 0 Å². The molecule has 0 aliphatic rings. The van der Waals surface area contributed by atoms with Gasteiger partial charge >= 0.3 is 11.9 Å². The van der Waals surface area contributed by atoms with Crippen molar-refractivity contribution in [3.8, 4) is 0 Å². The monoisotopic (exact) mass is 321 g/mol. The van der Waals surface area contributed by atoms with E-state index in [2.05, 4.69) is 5.32 Å². The molecule has 0 heterocycles. The van der Waals surface area contributed by atoms with E-state index >= 15 is 0 Å². The summed E-state index contributed by atoms with van der Waals surface area (Å²) in [6.07, 6.45) is 0. The lowest BCUT2D eigenvalue weighted by Crippen LogP contribution is -2.41. The Balaban J connectivity index is 2.73. The maximum atomic E-state index is 12.2. The first-order valence-corrected chi connectivity index (χ1v) is 7.66. The van der Waals surface area contributed by atoms with E-state index in [-0.39, 0.29) is 13.2 Å². The number of hydrogen-bond acceptors (Lipinski definition) is 5. The van der Waals surface area contributed by atoms with Gasteiger partial charge in [0.2, 0.25) is 5.91 Å². The van der Waals surface area contributed by atoms with Gasteiger partial charge in [0, 0.05) is 6.54 Å². The zero-order valence-corrected chi connectivity index (χ0v) is 13.7. The molecule has 0 saturated carbocycles. The third-order valence-electron chi connectivity index (χ3n) is 3.30. The molecule has 0 aliphatic carbocycles. The summed E-state index contributed by atoms with van der Waals surface area (Å²) in [6.45, 7) is 5.38. The Labute approximate surface area is 136 Å². The zero-order chi connectivity index (χ0) is 17.2. The number of benzene rings is 1. The van der Waals surface area contributed by atoms with Crippen LogP contribution in [0.5, 0.6) is 0 Å². The third-order valence-corrected chi connectivity index (χ3v) is 3.30. The van der Waals surface area contributed by atoms with Gasteiger partial charge in [0.25, 0.3) is 0 Å². The number of carbonyl (C=O) groups excluding carboxylic acids is 3. The highest BCUT2D eigenvalue weighted by Crippen LogP contribution is 2.16. The van der Waals surface area contributed by atoms with Gasteiger partial charge in [-0.1, -0.05) is 37.3 Å². The fourth-order valence-corrected chi connectivity index (χ4v) is 2.07. The number of esters is 2. The Bertz CT molecular complexity index is 511. The molecule has 0 aliphatic heterocycles. The minimum atomic E-state index is -1.26. The molecule has 6 nitrogen and oxygen atoms in total. The molecular formula is C17H23NO5. The van der Waals surface area contributed by atoms with Crippen molar-refractivity contribution in [2.75, 3.05) is 13.2 Å². The molecule has 0 saturated heterocycles. The summed E-state index contributed by atoms with van der Waals surface area (Å²) in [6, 6.07) is 9.36. The topological polar surface area (TPSA) is 81.7 Å². The summed E-state index contributed by atoms with van der Waals surface area (Å²) in [7, 11) is 0. The smallest absolute Gasteiger partial charge is 0.321 e. The number of rotatable bonds is 8. The van der Waals surface area contributed by atoms with Crippen molar-refractivity contribution < 1.29 is 23.9 Å². The van der Waals surface area contributed by atoms with Gasteiger partial charge in [0.1, 0.15) is 0 Å². The first kappa shape index (κ1) is 18.7. The maximum Gasteiger partial charge on any atom is 0.321 e. The Morgan fingerprint density at radius 2 is 1.52 bits per heavy atom. The van der Waals surface area contributed by atoms with Crippen molar-refractivity contribution in [1.29, 1.82) is 0 Å². The molecule has 0 bridgehead atoms. The van der Waals surface area contributed by atoms with E-state index in [1.165, 1.54) is 6.92 Å². The largest absolute Gasteiger partial charge is 0.465 e. The molecule has 0 spiro atoms. The van der Waals surface area contributed by atoms with Crippen molar-refractivity contribution >= 4 is 17.8 Å². The van der Waals surface area contributed by atoms with Crippen LogP contribution in [0.15, 0.2) is 30.3 Å². The molecule has 1 rings (SSSR count). The van der Waals surface area contributed by atoms with E-state index in [1.807, 2.05) is 30.3 Å². The predicted octanol–water partition coefficient (Wildman–Crippen LogP) is 1.68. The molecule has 1 amide bonds. The Kier molecular flexibility index (Phi) is 7.80. The summed E-state index contributed by atoms with van der Waals surface area (Å²) in [4.78, 5) is 36.2. The average molecular weight is 321 g/mol. The lowest BCUT2D eigenvalue weighted by atomic mass is 9.93. The van der Waals surface area contributed by atoms with Gasteiger partial charge < -0.3 is 14.8 Å². The average Bonchev–Trinajstić information content (AvgIpc) is 2.54. The number of amides is 1. The minimum Gasteiger partial charge on any atom is -0.465 e. The van der Waals surface area contributed by atoms with Gasteiger partial charge in [-0.25, -0.2) is 0 Å². The number of hydrogen-bond donors (Lipinski definition) is 1. The van der Waals surface area contributed by atoms with Crippen LogP contribution in [0.25, 0.3) is 0 Å². The van der Waals surface area contributed by atoms with Crippen LogP contribution >= 0.6 is 0 Å². The van der Waals surface area contributed by atoms with Gasteiger partial charge in [-0.2, -0.15) is 0 Å². The van der Waals surface area contributed by atoms with E-state index in [0.717, 1.165) is 5.56 Å². The van der Waals surface area contributed by atoms with E-state index in [1.54, 1.807) is 13.8 Å². The molecule has 1 unspecified atom stereocenters. The molecule has 0 fully saturated rings.